The molecule has 4 rings (SSSR count). The van der Waals surface area contributed by atoms with E-state index < -0.39 is 0 Å². The summed E-state index contributed by atoms with van der Waals surface area (Å²) >= 11 is 0. The molecule has 1 N–H and O–H groups in total. The van der Waals surface area contributed by atoms with E-state index in [9.17, 15) is 0 Å². The fraction of sp³-hybridized carbons (Fsp3) is 0.417. The van der Waals surface area contributed by atoms with Crippen LogP contribution >= 0.6 is 0 Å². The van der Waals surface area contributed by atoms with Gasteiger partial charge < -0.3 is 5.32 Å². The van der Waals surface area contributed by atoms with Crippen molar-refractivity contribution in [2.24, 2.45) is 0 Å². The van der Waals surface area contributed by atoms with Crippen molar-refractivity contribution in [2.75, 3.05) is 5.32 Å². The number of hydrogen-bond donors (Lipinski definition) is 1. The quantitative estimate of drug-likeness (QED) is 0.727. The van der Waals surface area contributed by atoms with Crippen LogP contribution in [0.5, 0.6) is 0 Å². The van der Waals surface area contributed by atoms with E-state index in [-0.39, 0.29) is 0 Å². The molecule has 1 aliphatic rings. The SMILES string of the molecule is Cc1cc(N[C@@H]2CCc3ncnn3C2)n2ncnc2n1. The number of fused-ring (bicyclic) bond motifs is 2. The van der Waals surface area contributed by atoms with Crippen LogP contribution in [0, 0.1) is 6.92 Å². The molecule has 0 saturated carbocycles. The molecule has 4 heterocycles. The smallest absolute Gasteiger partial charge is 0.254 e. The molecule has 8 nitrogen and oxygen atoms in total. The van der Waals surface area contributed by atoms with E-state index in [1.807, 2.05) is 17.7 Å². The summed E-state index contributed by atoms with van der Waals surface area (Å²) in [4.78, 5) is 12.7. The van der Waals surface area contributed by atoms with E-state index >= 15 is 0 Å². The third-order valence-corrected chi connectivity index (χ3v) is 3.54. The van der Waals surface area contributed by atoms with Gasteiger partial charge in [0.05, 0.1) is 6.54 Å². The van der Waals surface area contributed by atoms with Crippen molar-refractivity contribution in [1.29, 1.82) is 0 Å². The summed E-state index contributed by atoms with van der Waals surface area (Å²) in [7, 11) is 0. The van der Waals surface area contributed by atoms with Crippen molar-refractivity contribution >= 4 is 11.6 Å². The average Bonchev–Trinajstić information content (AvgIpc) is 3.05. The summed E-state index contributed by atoms with van der Waals surface area (Å²) in [5, 5.41) is 12.0. The Morgan fingerprint density at radius 1 is 1.25 bits per heavy atom. The summed E-state index contributed by atoms with van der Waals surface area (Å²) in [5.41, 5.74) is 0.922. The second-order valence-electron chi connectivity index (χ2n) is 4.99. The lowest BCUT2D eigenvalue weighted by molar-refractivity contribution is 0.440. The molecule has 3 aromatic rings. The molecule has 1 aliphatic heterocycles. The first-order chi connectivity index (χ1) is 9.79. The molecule has 0 saturated heterocycles. The summed E-state index contributed by atoms with van der Waals surface area (Å²) in [6, 6.07) is 2.29. The van der Waals surface area contributed by atoms with Gasteiger partial charge in [-0.15, -0.1) is 0 Å². The van der Waals surface area contributed by atoms with Crippen LogP contribution in [0.3, 0.4) is 0 Å². The highest BCUT2D eigenvalue weighted by Gasteiger charge is 2.20. The van der Waals surface area contributed by atoms with Crippen LogP contribution in [-0.2, 0) is 13.0 Å². The molecule has 102 valence electrons. The molecule has 0 radical (unpaired) electrons. The van der Waals surface area contributed by atoms with Crippen molar-refractivity contribution in [1.82, 2.24) is 34.3 Å². The van der Waals surface area contributed by atoms with E-state index in [1.54, 1.807) is 10.8 Å². The highest BCUT2D eigenvalue weighted by molar-refractivity contribution is 5.45. The topological polar surface area (TPSA) is 85.8 Å². The molecular formula is C12H14N8. The second kappa shape index (κ2) is 4.26. The zero-order chi connectivity index (χ0) is 13.5. The molecule has 0 fully saturated rings. The predicted octanol–water partition coefficient (Wildman–Crippen LogP) is 0.451. The molecule has 20 heavy (non-hydrogen) atoms. The van der Waals surface area contributed by atoms with Crippen LogP contribution in [0.15, 0.2) is 18.7 Å². The number of aromatic nitrogens is 7. The lowest BCUT2D eigenvalue weighted by Gasteiger charge is -2.24. The number of hydrogen-bond acceptors (Lipinski definition) is 6. The van der Waals surface area contributed by atoms with Gasteiger partial charge in [0.25, 0.3) is 5.78 Å². The van der Waals surface area contributed by atoms with Gasteiger partial charge in [-0.3, -0.25) is 0 Å². The fourth-order valence-electron chi connectivity index (χ4n) is 2.60. The molecule has 0 aromatic carbocycles. The standard InChI is InChI=1S/C12H14N8/c1-8-4-11(20-12(17-8)14-7-16-20)18-9-2-3-10-13-6-15-19(10)5-9/h4,6-7,9,18H,2-3,5H2,1H3/t9-/m1/s1. The minimum atomic E-state index is 0.304. The van der Waals surface area contributed by atoms with Crippen LogP contribution in [0.1, 0.15) is 17.9 Å². The lowest BCUT2D eigenvalue weighted by Crippen LogP contribution is -2.32. The van der Waals surface area contributed by atoms with Gasteiger partial charge in [0.15, 0.2) is 0 Å². The van der Waals surface area contributed by atoms with Crippen molar-refractivity contribution in [3.63, 3.8) is 0 Å². The third kappa shape index (κ3) is 1.80. The monoisotopic (exact) mass is 270 g/mol. The minimum absolute atomic E-state index is 0.304. The Kier molecular flexibility index (Phi) is 2.41. The van der Waals surface area contributed by atoms with Crippen molar-refractivity contribution in [3.8, 4) is 0 Å². The van der Waals surface area contributed by atoms with Crippen molar-refractivity contribution in [3.05, 3.63) is 30.2 Å². The lowest BCUT2D eigenvalue weighted by atomic mass is 10.1. The third-order valence-electron chi connectivity index (χ3n) is 3.54. The van der Waals surface area contributed by atoms with E-state index in [2.05, 4.69) is 30.5 Å². The zero-order valence-corrected chi connectivity index (χ0v) is 11.1. The van der Waals surface area contributed by atoms with Gasteiger partial charge in [0.1, 0.15) is 24.3 Å². The van der Waals surface area contributed by atoms with Crippen LogP contribution in [0.4, 0.5) is 5.82 Å². The first-order valence-electron chi connectivity index (χ1n) is 6.60. The highest BCUT2D eigenvalue weighted by Crippen LogP contribution is 2.17. The maximum Gasteiger partial charge on any atom is 0.254 e. The second-order valence-corrected chi connectivity index (χ2v) is 4.99. The maximum atomic E-state index is 4.34. The van der Waals surface area contributed by atoms with E-state index in [4.69, 9.17) is 0 Å². The van der Waals surface area contributed by atoms with E-state index in [0.717, 1.165) is 36.7 Å². The summed E-state index contributed by atoms with van der Waals surface area (Å²) in [6.45, 7) is 2.77. The Balaban J connectivity index is 1.64. The van der Waals surface area contributed by atoms with Gasteiger partial charge in [0, 0.05) is 24.2 Å². The fourth-order valence-corrected chi connectivity index (χ4v) is 2.60. The van der Waals surface area contributed by atoms with Gasteiger partial charge in [-0.05, 0) is 13.3 Å². The largest absolute Gasteiger partial charge is 0.365 e. The summed E-state index contributed by atoms with van der Waals surface area (Å²) in [5.74, 6) is 2.59. The molecule has 8 heteroatoms. The van der Waals surface area contributed by atoms with Gasteiger partial charge >= 0.3 is 0 Å². The first-order valence-corrected chi connectivity index (χ1v) is 6.60. The van der Waals surface area contributed by atoms with Crippen LogP contribution in [0.2, 0.25) is 0 Å². The van der Waals surface area contributed by atoms with Crippen molar-refractivity contribution in [2.45, 2.75) is 32.4 Å². The Morgan fingerprint density at radius 3 is 3.10 bits per heavy atom. The molecule has 0 aliphatic carbocycles. The highest BCUT2D eigenvalue weighted by atomic mass is 15.4. The Hall–Kier alpha value is -2.51. The first kappa shape index (κ1) is 11.3. The average molecular weight is 270 g/mol. The Morgan fingerprint density at radius 2 is 2.15 bits per heavy atom. The van der Waals surface area contributed by atoms with Gasteiger partial charge in [-0.25, -0.2) is 14.6 Å². The number of aryl methyl sites for hydroxylation is 2. The van der Waals surface area contributed by atoms with E-state index in [0.29, 0.717) is 11.8 Å². The molecule has 0 amide bonds. The number of nitrogens with zero attached hydrogens (tertiary/aromatic N) is 7. The van der Waals surface area contributed by atoms with Crippen molar-refractivity contribution < 1.29 is 0 Å². The summed E-state index contributed by atoms with van der Waals surface area (Å²) < 4.78 is 3.68. The van der Waals surface area contributed by atoms with Crippen LogP contribution < -0.4 is 5.32 Å². The maximum absolute atomic E-state index is 4.34. The van der Waals surface area contributed by atoms with Gasteiger partial charge in [0.2, 0.25) is 0 Å². The van der Waals surface area contributed by atoms with Crippen LogP contribution in [0.25, 0.3) is 5.78 Å². The molecule has 0 bridgehead atoms. The normalized spacial score (nSPS) is 18.1. The number of rotatable bonds is 2. The predicted molar refractivity (Wildman–Crippen MR) is 71.3 cm³/mol. The Labute approximate surface area is 114 Å². The molecule has 0 spiro atoms. The Bertz CT molecular complexity index is 758. The molecule has 3 aromatic heterocycles. The van der Waals surface area contributed by atoms with E-state index in [1.165, 1.54) is 6.33 Å². The molecular weight excluding hydrogens is 256 g/mol. The van der Waals surface area contributed by atoms with Gasteiger partial charge in [-0.1, -0.05) is 0 Å². The summed E-state index contributed by atoms with van der Waals surface area (Å²) in [6.07, 6.45) is 5.09. The number of anilines is 1. The van der Waals surface area contributed by atoms with Gasteiger partial charge in [-0.2, -0.15) is 19.7 Å². The molecule has 1 atom stereocenters. The number of nitrogens with one attached hydrogen (secondary N) is 1. The zero-order valence-electron chi connectivity index (χ0n) is 11.1. The van der Waals surface area contributed by atoms with Crippen LogP contribution in [-0.4, -0.2) is 40.4 Å². The molecule has 0 unspecified atom stereocenters. The minimum Gasteiger partial charge on any atom is -0.365 e.